The first-order valence-corrected chi connectivity index (χ1v) is 15.9. The summed E-state index contributed by atoms with van der Waals surface area (Å²) in [7, 11) is -4.18. The Balaban J connectivity index is 1.80. The molecule has 4 aromatic carbocycles. The first kappa shape index (κ1) is 31.8. The largest absolute Gasteiger partial charge is 0.352 e. The third-order valence-corrected chi connectivity index (χ3v) is 8.87. The summed E-state index contributed by atoms with van der Waals surface area (Å²) in [5, 5.41) is 3.29. The molecular formula is C34H36ClN3O4S. The van der Waals surface area contributed by atoms with Crippen molar-refractivity contribution in [3.8, 4) is 0 Å². The standard InChI is InChI=1S/C34H36ClN3O4S/c1-25(2)36-34(40)32(21-27-13-6-4-7-14-27)37(23-28-15-10-12-26(3)20-28)33(39)24-38(30-17-11-16-29(35)22-30)43(41,42)31-18-8-5-9-19-31/h4-20,22,25,32H,21,23-24H2,1-3H3,(H,36,40). The summed E-state index contributed by atoms with van der Waals surface area (Å²) in [5.41, 5.74) is 2.94. The second-order valence-corrected chi connectivity index (χ2v) is 13.0. The van der Waals surface area contributed by atoms with Crippen molar-refractivity contribution in [3.63, 3.8) is 0 Å². The molecule has 0 fully saturated rings. The van der Waals surface area contributed by atoms with Crippen LogP contribution in [0.1, 0.15) is 30.5 Å². The second kappa shape index (κ2) is 14.4. The fourth-order valence-corrected chi connectivity index (χ4v) is 6.43. The fraction of sp³-hybridized carbons (Fsp3) is 0.235. The van der Waals surface area contributed by atoms with Crippen LogP contribution in [0.4, 0.5) is 5.69 Å². The number of nitrogens with zero attached hydrogens (tertiary/aromatic N) is 2. The van der Waals surface area contributed by atoms with Crippen LogP contribution < -0.4 is 9.62 Å². The Morgan fingerprint density at radius 1 is 0.814 bits per heavy atom. The number of rotatable bonds is 12. The van der Waals surface area contributed by atoms with Gasteiger partial charge in [0.2, 0.25) is 11.8 Å². The van der Waals surface area contributed by atoms with Crippen molar-refractivity contribution in [1.29, 1.82) is 0 Å². The smallest absolute Gasteiger partial charge is 0.264 e. The summed E-state index contributed by atoms with van der Waals surface area (Å²) in [6.45, 7) is 5.24. The van der Waals surface area contributed by atoms with Crippen LogP contribution in [-0.2, 0) is 32.6 Å². The molecule has 0 aliphatic rings. The summed E-state index contributed by atoms with van der Waals surface area (Å²) in [5.74, 6) is -0.846. The lowest BCUT2D eigenvalue weighted by Crippen LogP contribution is -2.54. The van der Waals surface area contributed by atoms with E-state index in [2.05, 4.69) is 5.32 Å². The summed E-state index contributed by atoms with van der Waals surface area (Å²) in [4.78, 5) is 29.7. The minimum Gasteiger partial charge on any atom is -0.352 e. The summed E-state index contributed by atoms with van der Waals surface area (Å²) < 4.78 is 29.0. The highest BCUT2D eigenvalue weighted by Crippen LogP contribution is 2.27. The van der Waals surface area contributed by atoms with Crippen molar-refractivity contribution in [3.05, 3.63) is 131 Å². The molecule has 1 atom stereocenters. The van der Waals surface area contributed by atoms with Gasteiger partial charge in [0.15, 0.2) is 0 Å². The molecule has 4 aromatic rings. The Morgan fingerprint density at radius 3 is 2.07 bits per heavy atom. The van der Waals surface area contributed by atoms with Crippen molar-refractivity contribution < 1.29 is 18.0 Å². The molecule has 0 aliphatic carbocycles. The first-order chi connectivity index (χ1) is 20.5. The summed E-state index contributed by atoms with van der Waals surface area (Å²) in [6, 6.07) is 30.4. The molecule has 1 unspecified atom stereocenters. The normalized spacial score (nSPS) is 12.0. The minimum absolute atomic E-state index is 0.0337. The zero-order valence-electron chi connectivity index (χ0n) is 24.5. The van der Waals surface area contributed by atoms with Crippen molar-refractivity contribution in [1.82, 2.24) is 10.2 Å². The first-order valence-electron chi connectivity index (χ1n) is 14.1. The Morgan fingerprint density at radius 2 is 1.44 bits per heavy atom. The molecule has 0 saturated carbocycles. The minimum atomic E-state index is -4.18. The maximum absolute atomic E-state index is 14.4. The molecule has 0 aliphatic heterocycles. The molecule has 0 spiro atoms. The van der Waals surface area contributed by atoms with Gasteiger partial charge < -0.3 is 10.2 Å². The van der Waals surface area contributed by atoms with Crippen LogP contribution in [0.3, 0.4) is 0 Å². The molecule has 2 amide bonds. The number of nitrogens with one attached hydrogen (secondary N) is 1. The Hall–Kier alpha value is -4.14. The van der Waals surface area contributed by atoms with Gasteiger partial charge in [-0.15, -0.1) is 0 Å². The number of benzene rings is 4. The number of anilines is 1. The fourth-order valence-electron chi connectivity index (χ4n) is 4.82. The molecular weight excluding hydrogens is 582 g/mol. The SMILES string of the molecule is Cc1cccc(CN(C(=O)CN(c2cccc(Cl)c2)S(=O)(=O)c2ccccc2)C(Cc2ccccc2)C(=O)NC(C)C)c1. The molecule has 0 heterocycles. The quantitative estimate of drug-likeness (QED) is 0.211. The average Bonchev–Trinajstić information content (AvgIpc) is 2.98. The molecule has 0 bridgehead atoms. The van der Waals surface area contributed by atoms with Crippen LogP contribution in [0.25, 0.3) is 0 Å². The van der Waals surface area contributed by atoms with E-state index >= 15 is 0 Å². The van der Waals surface area contributed by atoms with Gasteiger partial charge in [-0.1, -0.05) is 96.0 Å². The van der Waals surface area contributed by atoms with Crippen LogP contribution in [0.15, 0.2) is 114 Å². The van der Waals surface area contributed by atoms with Gasteiger partial charge >= 0.3 is 0 Å². The van der Waals surface area contributed by atoms with Crippen LogP contribution in [0, 0.1) is 6.92 Å². The number of carbonyl (C=O) groups is 2. The Labute approximate surface area is 259 Å². The number of aryl methyl sites for hydroxylation is 1. The van der Waals surface area contributed by atoms with Crippen molar-refractivity contribution in [2.24, 2.45) is 0 Å². The van der Waals surface area contributed by atoms with E-state index in [1.807, 2.05) is 75.4 Å². The Kier molecular flexibility index (Phi) is 10.6. The van der Waals surface area contributed by atoms with E-state index in [0.29, 0.717) is 5.02 Å². The summed E-state index contributed by atoms with van der Waals surface area (Å²) in [6.07, 6.45) is 0.250. The molecule has 0 aromatic heterocycles. The maximum Gasteiger partial charge on any atom is 0.264 e. The average molecular weight is 618 g/mol. The van der Waals surface area contributed by atoms with Crippen molar-refractivity contribution in [2.45, 2.75) is 50.7 Å². The van der Waals surface area contributed by atoms with Crippen LogP contribution in [-0.4, -0.2) is 43.8 Å². The molecule has 0 radical (unpaired) electrons. The molecule has 43 heavy (non-hydrogen) atoms. The Bertz CT molecular complexity index is 1650. The van der Waals surface area contributed by atoms with Crippen molar-refractivity contribution >= 4 is 39.1 Å². The topological polar surface area (TPSA) is 86.8 Å². The van der Waals surface area contributed by atoms with E-state index in [9.17, 15) is 18.0 Å². The van der Waals surface area contributed by atoms with E-state index in [4.69, 9.17) is 11.6 Å². The highest BCUT2D eigenvalue weighted by Gasteiger charge is 2.34. The lowest BCUT2D eigenvalue weighted by molar-refractivity contribution is -0.140. The van der Waals surface area contributed by atoms with Gasteiger partial charge in [0.05, 0.1) is 10.6 Å². The molecule has 9 heteroatoms. The van der Waals surface area contributed by atoms with E-state index in [1.54, 1.807) is 36.4 Å². The van der Waals surface area contributed by atoms with Crippen LogP contribution in [0.5, 0.6) is 0 Å². The van der Waals surface area contributed by atoms with Gasteiger partial charge in [0.25, 0.3) is 10.0 Å². The van der Waals surface area contributed by atoms with Gasteiger partial charge in [-0.25, -0.2) is 8.42 Å². The van der Waals surface area contributed by atoms with Crippen LogP contribution >= 0.6 is 11.6 Å². The number of hydrogen-bond donors (Lipinski definition) is 1. The van der Waals surface area contributed by atoms with Gasteiger partial charge in [-0.05, 0) is 62.2 Å². The highest BCUT2D eigenvalue weighted by molar-refractivity contribution is 7.92. The molecule has 1 N–H and O–H groups in total. The predicted octanol–water partition coefficient (Wildman–Crippen LogP) is 6.01. The van der Waals surface area contributed by atoms with Gasteiger partial charge in [-0.2, -0.15) is 0 Å². The molecule has 224 valence electrons. The number of halogens is 1. The van der Waals surface area contributed by atoms with E-state index < -0.39 is 28.5 Å². The third kappa shape index (κ3) is 8.46. The van der Waals surface area contributed by atoms with Gasteiger partial charge in [0, 0.05) is 24.0 Å². The van der Waals surface area contributed by atoms with E-state index in [-0.39, 0.29) is 35.5 Å². The molecule has 4 rings (SSSR count). The summed E-state index contributed by atoms with van der Waals surface area (Å²) >= 11 is 6.27. The lowest BCUT2D eigenvalue weighted by atomic mass is 10.0. The van der Waals surface area contributed by atoms with Crippen molar-refractivity contribution in [2.75, 3.05) is 10.8 Å². The predicted molar refractivity (Wildman–Crippen MR) is 171 cm³/mol. The number of sulfonamides is 1. The molecule has 7 nitrogen and oxygen atoms in total. The zero-order valence-corrected chi connectivity index (χ0v) is 26.1. The number of carbonyl (C=O) groups excluding carboxylic acids is 2. The zero-order chi connectivity index (χ0) is 31.0. The maximum atomic E-state index is 14.4. The second-order valence-electron chi connectivity index (χ2n) is 10.7. The monoisotopic (exact) mass is 617 g/mol. The van der Waals surface area contributed by atoms with Gasteiger partial charge in [0.1, 0.15) is 12.6 Å². The number of hydrogen-bond acceptors (Lipinski definition) is 4. The number of amides is 2. The molecule has 0 saturated heterocycles. The van der Waals surface area contributed by atoms with Gasteiger partial charge in [-0.3, -0.25) is 13.9 Å². The van der Waals surface area contributed by atoms with Crippen LogP contribution in [0.2, 0.25) is 5.02 Å². The van der Waals surface area contributed by atoms with E-state index in [1.165, 1.54) is 23.1 Å². The van der Waals surface area contributed by atoms with E-state index in [0.717, 1.165) is 21.0 Å². The third-order valence-electron chi connectivity index (χ3n) is 6.84. The lowest BCUT2D eigenvalue weighted by Gasteiger charge is -2.34. The highest BCUT2D eigenvalue weighted by atomic mass is 35.5.